The highest BCUT2D eigenvalue weighted by Crippen LogP contribution is 2.30. The van der Waals surface area contributed by atoms with Gasteiger partial charge in [-0.3, -0.25) is 4.79 Å². The van der Waals surface area contributed by atoms with Crippen LogP contribution in [0.1, 0.15) is 40.1 Å². The zero-order valence-electron chi connectivity index (χ0n) is 13.9. The average Bonchev–Trinajstić information content (AvgIpc) is 2.60. The average molecular weight is 366 g/mol. The molecule has 1 unspecified atom stereocenters. The van der Waals surface area contributed by atoms with Gasteiger partial charge >= 0.3 is 12.1 Å². The third-order valence-corrected chi connectivity index (χ3v) is 3.68. The van der Waals surface area contributed by atoms with Crippen molar-refractivity contribution in [3.05, 3.63) is 70.8 Å². The molecule has 2 aromatic carbocycles. The number of hydrogen-bond donors (Lipinski definition) is 1. The zero-order chi connectivity index (χ0) is 19.3. The van der Waals surface area contributed by atoms with Gasteiger partial charge in [-0.25, -0.2) is 4.79 Å². The second-order valence-corrected chi connectivity index (χ2v) is 5.54. The van der Waals surface area contributed by atoms with Gasteiger partial charge in [-0.2, -0.15) is 13.2 Å². The number of Topliss-reactive ketones (excluding diaryl/α,β-unsaturated/α-hetero) is 1. The lowest BCUT2D eigenvalue weighted by Crippen LogP contribution is -2.19. The molecule has 0 aromatic heterocycles. The topological polar surface area (TPSA) is 63.6 Å². The predicted octanol–water partition coefficient (Wildman–Crippen LogP) is 3.73. The van der Waals surface area contributed by atoms with Gasteiger partial charge in [0.05, 0.1) is 12.2 Å². The lowest BCUT2D eigenvalue weighted by molar-refractivity contribution is -0.153. The van der Waals surface area contributed by atoms with E-state index in [1.54, 1.807) is 19.1 Å². The molecule has 138 valence electrons. The first-order valence-electron chi connectivity index (χ1n) is 7.87. The lowest BCUT2D eigenvalue weighted by Gasteiger charge is -2.14. The molecule has 4 nitrogen and oxygen atoms in total. The van der Waals surface area contributed by atoms with Crippen LogP contribution in [0.4, 0.5) is 13.2 Å². The second-order valence-electron chi connectivity index (χ2n) is 5.54. The number of carbonyl (C=O) groups is 2. The summed E-state index contributed by atoms with van der Waals surface area (Å²) in [6.07, 6.45) is -6.44. The minimum Gasteiger partial charge on any atom is -0.464 e. The Morgan fingerprint density at radius 3 is 2.46 bits per heavy atom. The van der Waals surface area contributed by atoms with Gasteiger partial charge in [0.2, 0.25) is 0 Å². The number of esters is 1. The third-order valence-electron chi connectivity index (χ3n) is 3.68. The molecule has 0 saturated heterocycles. The number of benzene rings is 2. The van der Waals surface area contributed by atoms with Crippen molar-refractivity contribution < 1.29 is 32.6 Å². The fourth-order valence-corrected chi connectivity index (χ4v) is 2.48. The maximum Gasteiger partial charge on any atom is 0.416 e. The lowest BCUT2D eigenvalue weighted by atomic mass is 9.95. The molecule has 0 saturated carbocycles. The van der Waals surface area contributed by atoms with Crippen LogP contribution in [-0.2, 0) is 22.1 Å². The van der Waals surface area contributed by atoms with Gasteiger partial charge in [-0.05, 0) is 18.6 Å². The Labute approximate surface area is 148 Å². The third kappa shape index (κ3) is 4.70. The maximum absolute atomic E-state index is 12.8. The Kier molecular flexibility index (Phi) is 6.15. The van der Waals surface area contributed by atoms with E-state index >= 15 is 0 Å². The van der Waals surface area contributed by atoms with Crippen molar-refractivity contribution in [2.45, 2.75) is 25.6 Å². The first-order valence-corrected chi connectivity index (χ1v) is 7.87. The van der Waals surface area contributed by atoms with E-state index in [-0.39, 0.29) is 29.7 Å². The standard InChI is InChI=1S/C19H17F3O4/c1-2-26-18(25)17(24)15-9-4-3-8-14(15)16(23)11-12-6-5-7-13(10-12)19(20,21)22/h3-10,17,24H,2,11H2,1H3. The molecule has 1 N–H and O–H groups in total. The molecule has 26 heavy (non-hydrogen) atoms. The number of ketones is 1. The van der Waals surface area contributed by atoms with E-state index in [9.17, 15) is 27.9 Å². The van der Waals surface area contributed by atoms with E-state index in [1.807, 2.05) is 0 Å². The van der Waals surface area contributed by atoms with Crippen molar-refractivity contribution in [1.82, 2.24) is 0 Å². The van der Waals surface area contributed by atoms with E-state index in [4.69, 9.17) is 4.74 Å². The first kappa shape index (κ1) is 19.7. The molecular weight excluding hydrogens is 349 g/mol. The van der Waals surface area contributed by atoms with Crippen molar-refractivity contribution in [3.8, 4) is 0 Å². The first-order chi connectivity index (χ1) is 12.2. The van der Waals surface area contributed by atoms with Crippen LogP contribution in [0, 0.1) is 0 Å². The molecule has 0 spiro atoms. The molecule has 0 heterocycles. The van der Waals surface area contributed by atoms with Crippen molar-refractivity contribution in [1.29, 1.82) is 0 Å². The number of aliphatic hydroxyl groups is 1. The van der Waals surface area contributed by atoms with Crippen LogP contribution in [0.2, 0.25) is 0 Å². The summed E-state index contributed by atoms with van der Waals surface area (Å²) in [5.74, 6) is -1.41. The quantitative estimate of drug-likeness (QED) is 0.625. The zero-order valence-corrected chi connectivity index (χ0v) is 13.9. The van der Waals surface area contributed by atoms with Gasteiger partial charge in [-0.15, -0.1) is 0 Å². The van der Waals surface area contributed by atoms with Crippen molar-refractivity contribution in [2.24, 2.45) is 0 Å². The number of halogens is 3. The van der Waals surface area contributed by atoms with Crippen LogP contribution in [0.5, 0.6) is 0 Å². The van der Waals surface area contributed by atoms with E-state index < -0.39 is 29.6 Å². The maximum atomic E-state index is 12.8. The summed E-state index contributed by atoms with van der Waals surface area (Å²) < 4.78 is 43.1. The van der Waals surface area contributed by atoms with Gasteiger partial charge in [0.1, 0.15) is 0 Å². The molecule has 2 rings (SSSR count). The number of aliphatic hydroxyl groups excluding tert-OH is 1. The SMILES string of the molecule is CCOC(=O)C(O)c1ccccc1C(=O)Cc1cccc(C(F)(F)F)c1. The van der Waals surface area contributed by atoms with E-state index in [2.05, 4.69) is 0 Å². The normalized spacial score (nSPS) is 12.5. The molecule has 0 aliphatic heterocycles. The van der Waals surface area contributed by atoms with Gasteiger partial charge in [-0.1, -0.05) is 42.5 Å². The molecule has 0 aliphatic rings. The minimum absolute atomic E-state index is 0.0583. The molecule has 0 radical (unpaired) electrons. The van der Waals surface area contributed by atoms with Crippen LogP contribution in [-0.4, -0.2) is 23.5 Å². The van der Waals surface area contributed by atoms with Crippen LogP contribution in [0.15, 0.2) is 48.5 Å². The van der Waals surface area contributed by atoms with Gasteiger partial charge in [0.25, 0.3) is 0 Å². The molecule has 0 amide bonds. The van der Waals surface area contributed by atoms with Crippen LogP contribution < -0.4 is 0 Å². The Morgan fingerprint density at radius 2 is 1.81 bits per heavy atom. The minimum atomic E-state index is -4.50. The number of ether oxygens (including phenoxy) is 1. The fraction of sp³-hybridized carbons (Fsp3) is 0.263. The number of carbonyl (C=O) groups excluding carboxylic acids is 2. The summed E-state index contributed by atoms with van der Waals surface area (Å²) >= 11 is 0. The van der Waals surface area contributed by atoms with Gasteiger partial charge in [0, 0.05) is 17.5 Å². The monoisotopic (exact) mass is 366 g/mol. The highest BCUT2D eigenvalue weighted by atomic mass is 19.4. The summed E-state index contributed by atoms with van der Waals surface area (Å²) in [7, 11) is 0. The molecular formula is C19H17F3O4. The van der Waals surface area contributed by atoms with Gasteiger partial charge in [0.15, 0.2) is 11.9 Å². The van der Waals surface area contributed by atoms with Crippen molar-refractivity contribution in [3.63, 3.8) is 0 Å². The predicted molar refractivity (Wildman–Crippen MR) is 87.5 cm³/mol. The van der Waals surface area contributed by atoms with E-state index in [0.717, 1.165) is 12.1 Å². The molecule has 1 atom stereocenters. The largest absolute Gasteiger partial charge is 0.464 e. The van der Waals surface area contributed by atoms with Crippen molar-refractivity contribution >= 4 is 11.8 Å². The molecule has 0 aliphatic carbocycles. The Morgan fingerprint density at radius 1 is 1.12 bits per heavy atom. The molecule has 0 fully saturated rings. The summed E-state index contributed by atoms with van der Waals surface area (Å²) in [4.78, 5) is 24.3. The summed E-state index contributed by atoms with van der Waals surface area (Å²) in [5, 5.41) is 10.1. The molecule has 0 bridgehead atoms. The second kappa shape index (κ2) is 8.14. The number of rotatable bonds is 6. The smallest absolute Gasteiger partial charge is 0.416 e. The van der Waals surface area contributed by atoms with Crippen LogP contribution >= 0.6 is 0 Å². The highest BCUT2D eigenvalue weighted by molar-refractivity contribution is 6.00. The van der Waals surface area contributed by atoms with Crippen LogP contribution in [0.25, 0.3) is 0 Å². The van der Waals surface area contributed by atoms with Gasteiger partial charge < -0.3 is 9.84 Å². The molecule has 2 aromatic rings. The van der Waals surface area contributed by atoms with E-state index in [0.29, 0.717) is 0 Å². The number of alkyl halides is 3. The van der Waals surface area contributed by atoms with Crippen molar-refractivity contribution in [2.75, 3.05) is 6.61 Å². The fourth-order valence-electron chi connectivity index (χ4n) is 2.48. The highest BCUT2D eigenvalue weighted by Gasteiger charge is 2.30. The van der Waals surface area contributed by atoms with Crippen LogP contribution in [0.3, 0.4) is 0 Å². The van der Waals surface area contributed by atoms with E-state index in [1.165, 1.54) is 24.3 Å². The number of hydrogen-bond acceptors (Lipinski definition) is 4. The molecule has 7 heteroatoms. The summed E-state index contributed by atoms with van der Waals surface area (Å²) in [6.45, 7) is 1.64. The summed E-state index contributed by atoms with van der Waals surface area (Å²) in [6, 6.07) is 10.4. The Balaban J connectivity index is 2.27. The summed E-state index contributed by atoms with van der Waals surface area (Å²) in [5.41, 5.74) is -0.540. The Bertz CT molecular complexity index is 799. The Hall–Kier alpha value is -2.67.